The molecule has 3 heterocycles. The zero-order valence-corrected chi connectivity index (χ0v) is 14.9. The van der Waals surface area contributed by atoms with Gasteiger partial charge in [-0.15, -0.1) is 0 Å². The van der Waals surface area contributed by atoms with Crippen molar-refractivity contribution in [2.75, 3.05) is 0 Å². The maximum absolute atomic E-state index is 12.9. The van der Waals surface area contributed by atoms with E-state index in [1.807, 2.05) is 60.9 Å². The quantitative estimate of drug-likeness (QED) is 0.415. The molecule has 0 aliphatic carbocycles. The second-order valence-corrected chi connectivity index (χ2v) is 7.03. The van der Waals surface area contributed by atoms with Crippen LogP contribution in [0.1, 0.15) is 15.9 Å². The van der Waals surface area contributed by atoms with E-state index < -0.39 is 5.85 Å². The number of nitrogens with zero attached hydrogens (tertiary/aromatic N) is 2. The molecule has 2 aromatic heterocycles. The summed E-state index contributed by atoms with van der Waals surface area (Å²) in [7, 11) is 0. The molecule has 3 aromatic carbocycles. The van der Waals surface area contributed by atoms with Gasteiger partial charge in [0.2, 0.25) is 0 Å². The number of fused-ring (bicyclic) bond motifs is 3. The molecular weight excluding hydrogens is 348 g/mol. The van der Waals surface area contributed by atoms with Crippen molar-refractivity contribution in [1.82, 2.24) is 9.13 Å². The average molecular weight is 364 g/mol. The molecule has 0 saturated heterocycles. The van der Waals surface area contributed by atoms with Gasteiger partial charge < -0.3 is 4.74 Å². The van der Waals surface area contributed by atoms with E-state index in [0.29, 0.717) is 5.56 Å². The van der Waals surface area contributed by atoms with Crippen LogP contribution in [0, 0.1) is 0 Å². The largest absolute Gasteiger partial charge is 0.411 e. The molecule has 0 bridgehead atoms. The Morgan fingerprint density at radius 3 is 1.82 bits per heavy atom. The molecule has 1 aliphatic rings. The van der Waals surface area contributed by atoms with E-state index in [-0.39, 0.29) is 5.97 Å². The first-order chi connectivity index (χ1) is 13.8. The van der Waals surface area contributed by atoms with Crippen LogP contribution in [-0.2, 0) is 10.6 Å². The summed E-state index contributed by atoms with van der Waals surface area (Å²) < 4.78 is 10.3. The summed E-state index contributed by atoms with van der Waals surface area (Å²) in [6, 6.07) is 28.0. The summed E-state index contributed by atoms with van der Waals surface area (Å²) in [5, 5.41) is 2.19. The third kappa shape index (κ3) is 1.81. The monoisotopic (exact) mass is 364 g/mol. The Bertz CT molecular complexity index is 1300. The highest BCUT2D eigenvalue weighted by Gasteiger charge is 2.49. The summed E-state index contributed by atoms with van der Waals surface area (Å²) in [5.74, 6) is -1.42. The summed E-state index contributed by atoms with van der Waals surface area (Å²) in [4.78, 5) is 12.9. The molecule has 0 unspecified atom stereocenters. The molecule has 0 atom stereocenters. The van der Waals surface area contributed by atoms with Gasteiger partial charge in [-0.2, -0.15) is 0 Å². The average Bonchev–Trinajstić information content (AvgIpc) is 3.43. The number of hydrogen-bond donors (Lipinski definition) is 0. The fourth-order valence-corrected chi connectivity index (χ4v) is 4.35. The highest BCUT2D eigenvalue weighted by molar-refractivity contribution is 5.96. The number of carbonyl (C=O) groups excluding carboxylic acids is 1. The van der Waals surface area contributed by atoms with Crippen molar-refractivity contribution >= 4 is 27.8 Å². The molecule has 0 radical (unpaired) electrons. The SMILES string of the molecule is O=C1OC(n2ccc3ccccc32)(n2ccc3ccccc32)c2ccccc21. The molecule has 0 N–H and O–H groups in total. The first kappa shape index (κ1) is 15.3. The van der Waals surface area contributed by atoms with E-state index in [1.54, 1.807) is 0 Å². The van der Waals surface area contributed by atoms with Crippen LogP contribution < -0.4 is 0 Å². The first-order valence-electron chi connectivity index (χ1n) is 9.25. The number of benzene rings is 3. The molecule has 0 saturated carbocycles. The molecule has 28 heavy (non-hydrogen) atoms. The molecule has 4 nitrogen and oxygen atoms in total. The summed E-state index contributed by atoms with van der Waals surface area (Å²) in [5.41, 5.74) is 3.44. The molecular formula is C24H16N2O2. The number of para-hydroxylation sites is 2. The second kappa shape index (κ2) is 5.36. The predicted octanol–water partition coefficient (Wildman–Crippen LogP) is 4.97. The Kier molecular flexibility index (Phi) is 2.93. The van der Waals surface area contributed by atoms with Crippen LogP contribution in [0.3, 0.4) is 0 Å². The third-order valence-electron chi connectivity index (χ3n) is 5.58. The van der Waals surface area contributed by atoms with E-state index in [0.717, 1.165) is 27.4 Å². The molecule has 6 rings (SSSR count). The molecule has 4 heteroatoms. The summed E-state index contributed by atoms with van der Waals surface area (Å²) in [6.07, 6.45) is 3.99. The Morgan fingerprint density at radius 2 is 1.18 bits per heavy atom. The lowest BCUT2D eigenvalue weighted by atomic mass is 10.0. The van der Waals surface area contributed by atoms with E-state index in [9.17, 15) is 4.79 Å². The highest BCUT2D eigenvalue weighted by Crippen LogP contribution is 2.43. The van der Waals surface area contributed by atoms with E-state index in [2.05, 4.69) is 45.5 Å². The Labute approximate surface area is 161 Å². The minimum atomic E-state index is -1.11. The lowest BCUT2D eigenvalue weighted by molar-refractivity contribution is -0.0389. The van der Waals surface area contributed by atoms with Crippen molar-refractivity contribution in [3.63, 3.8) is 0 Å². The number of rotatable bonds is 2. The fourth-order valence-electron chi connectivity index (χ4n) is 4.35. The molecule has 5 aromatic rings. The van der Waals surface area contributed by atoms with Crippen LogP contribution in [0.15, 0.2) is 97.3 Å². The first-order valence-corrected chi connectivity index (χ1v) is 9.25. The van der Waals surface area contributed by atoms with Gasteiger partial charge in [0.05, 0.1) is 22.2 Å². The third-order valence-corrected chi connectivity index (χ3v) is 5.58. The van der Waals surface area contributed by atoms with Gasteiger partial charge in [0.1, 0.15) is 0 Å². The Balaban J connectivity index is 1.78. The van der Waals surface area contributed by atoms with Crippen molar-refractivity contribution in [3.8, 4) is 0 Å². The van der Waals surface area contributed by atoms with Crippen LogP contribution >= 0.6 is 0 Å². The van der Waals surface area contributed by atoms with Gasteiger partial charge in [-0.05, 0) is 41.1 Å². The number of aromatic nitrogens is 2. The number of carbonyl (C=O) groups is 1. The van der Waals surface area contributed by atoms with Crippen LogP contribution in [-0.4, -0.2) is 15.1 Å². The van der Waals surface area contributed by atoms with Gasteiger partial charge in [0.25, 0.3) is 0 Å². The fraction of sp³-hybridized carbons (Fsp3) is 0.0417. The van der Waals surface area contributed by atoms with Gasteiger partial charge in [-0.3, -0.25) is 9.13 Å². The van der Waals surface area contributed by atoms with Crippen molar-refractivity contribution in [3.05, 3.63) is 108 Å². The maximum Gasteiger partial charge on any atom is 0.342 e. The van der Waals surface area contributed by atoms with E-state index in [1.165, 1.54) is 0 Å². The van der Waals surface area contributed by atoms with E-state index >= 15 is 0 Å². The van der Waals surface area contributed by atoms with Crippen molar-refractivity contribution in [2.24, 2.45) is 0 Å². The second-order valence-electron chi connectivity index (χ2n) is 7.03. The zero-order valence-electron chi connectivity index (χ0n) is 14.9. The Hall–Kier alpha value is -3.79. The number of cyclic esters (lactones) is 1. The number of esters is 1. The standard InChI is InChI=1S/C24H16N2O2/c27-23-19-9-3-4-10-20(19)24(28-23,25-15-13-17-7-1-5-11-21(17)25)26-16-14-18-8-2-6-12-22(18)26/h1-16H. The highest BCUT2D eigenvalue weighted by atomic mass is 16.6. The van der Waals surface area contributed by atoms with E-state index in [4.69, 9.17) is 4.74 Å². The zero-order chi connectivity index (χ0) is 18.7. The lowest BCUT2D eigenvalue weighted by Crippen LogP contribution is -2.41. The number of hydrogen-bond acceptors (Lipinski definition) is 2. The van der Waals surface area contributed by atoms with Gasteiger partial charge in [0, 0.05) is 12.4 Å². The van der Waals surface area contributed by atoms with Crippen LogP contribution in [0.5, 0.6) is 0 Å². The molecule has 1 aliphatic heterocycles. The summed E-state index contributed by atoms with van der Waals surface area (Å²) in [6.45, 7) is 0. The Morgan fingerprint density at radius 1 is 0.643 bits per heavy atom. The van der Waals surface area contributed by atoms with Gasteiger partial charge in [-0.1, -0.05) is 54.6 Å². The van der Waals surface area contributed by atoms with Crippen molar-refractivity contribution in [2.45, 2.75) is 5.85 Å². The van der Waals surface area contributed by atoms with Crippen molar-refractivity contribution in [1.29, 1.82) is 0 Å². The maximum atomic E-state index is 12.9. The lowest BCUT2D eigenvalue weighted by Gasteiger charge is -2.33. The van der Waals surface area contributed by atoms with Crippen LogP contribution in [0.25, 0.3) is 21.8 Å². The predicted molar refractivity (Wildman–Crippen MR) is 108 cm³/mol. The molecule has 0 fully saturated rings. The van der Waals surface area contributed by atoms with Gasteiger partial charge in [0.15, 0.2) is 0 Å². The smallest absolute Gasteiger partial charge is 0.342 e. The van der Waals surface area contributed by atoms with Gasteiger partial charge in [-0.25, -0.2) is 4.79 Å². The van der Waals surface area contributed by atoms with Crippen molar-refractivity contribution < 1.29 is 9.53 Å². The minimum absolute atomic E-state index is 0.314. The van der Waals surface area contributed by atoms with Crippen LogP contribution in [0.4, 0.5) is 0 Å². The number of ether oxygens (including phenoxy) is 1. The molecule has 134 valence electrons. The van der Waals surface area contributed by atoms with Gasteiger partial charge >= 0.3 is 11.8 Å². The van der Waals surface area contributed by atoms with Crippen LogP contribution in [0.2, 0.25) is 0 Å². The summed E-state index contributed by atoms with van der Waals surface area (Å²) >= 11 is 0. The molecule has 0 spiro atoms. The normalized spacial score (nSPS) is 15.1. The topological polar surface area (TPSA) is 36.2 Å². The minimum Gasteiger partial charge on any atom is -0.411 e. The molecule has 0 amide bonds.